The van der Waals surface area contributed by atoms with Crippen LogP contribution >= 0.6 is 11.8 Å². The van der Waals surface area contributed by atoms with E-state index >= 15 is 0 Å². The Balaban J connectivity index is 1.82. The van der Waals surface area contributed by atoms with Crippen LogP contribution in [0.4, 0.5) is 5.82 Å². The highest BCUT2D eigenvalue weighted by Crippen LogP contribution is 2.15. The van der Waals surface area contributed by atoms with Gasteiger partial charge in [-0.2, -0.15) is 0 Å². The number of hydrogen-bond acceptors (Lipinski definition) is 7. The van der Waals surface area contributed by atoms with Gasteiger partial charge in [-0.15, -0.1) is 10.2 Å². The van der Waals surface area contributed by atoms with Gasteiger partial charge in [0, 0.05) is 19.7 Å². The Morgan fingerprint density at radius 1 is 1.60 bits per heavy atom. The summed E-state index contributed by atoms with van der Waals surface area (Å²) < 4.78 is 11.7. The van der Waals surface area contributed by atoms with Crippen LogP contribution in [0.2, 0.25) is 0 Å². The number of carbonyl (C=O) groups excluding carboxylic acids is 1. The lowest BCUT2D eigenvalue weighted by Crippen LogP contribution is -2.15. The van der Waals surface area contributed by atoms with Gasteiger partial charge >= 0.3 is 0 Å². The van der Waals surface area contributed by atoms with E-state index in [1.54, 1.807) is 26.4 Å². The molecule has 20 heavy (non-hydrogen) atoms. The van der Waals surface area contributed by atoms with Crippen LogP contribution in [0.3, 0.4) is 0 Å². The van der Waals surface area contributed by atoms with Crippen molar-refractivity contribution in [2.75, 3.05) is 24.8 Å². The van der Waals surface area contributed by atoms with Crippen LogP contribution in [-0.4, -0.2) is 45.3 Å². The monoisotopic (exact) mass is 297 g/mol. The van der Waals surface area contributed by atoms with Crippen LogP contribution < -0.4 is 5.32 Å². The first-order valence-electron chi connectivity index (χ1n) is 5.91. The van der Waals surface area contributed by atoms with E-state index < -0.39 is 0 Å². The van der Waals surface area contributed by atoms with Crippen molar-refractivity contribution in [2.24, 2.45) is 0 Å². The summed E-state index contributed by atoms with van der Waals surface area (Å²) >= 11 is 1.30. The number of hydrogen-bond donors (Lipinski definition) is 1. The number of nitrogens with one attached hydrogen (secondary N) is 1. The molecule has 108 valence electrons. The minimum Gasteiger partial charge on any atom is -0.383 e. The van der Waals surface area contributed by atoms with Gasteiger partial charge in [0.1, 0.15) is 12.1 Å². The van der Waals surface area contributed by atoms with Crippen molar-refractivity contribution in [3.8, 4) is 0 Å². The first-order valence-corrected chi connectivity index (χ1v) is 6.90. The molecule has 0 aliphatic heterocycles. The van der Waals surface area contributed by atoms with Crippen LogP contribution in [0.15, 0.2) is 22.1 Å². The number of amides is 1. The van der Waals surface area contributed by atoms with Gasteiger partial charge in [0.25, 0.3) is 0 Å². The predicted molar refractivity (Wildman–Crippen MR) is 72.5 cm³/mol. The van der Waals surface area contributed by atoms with E-state index in [0.29, 0.717) is 29.9 Å². The van der Waals surface area contributed by atoms with Gasteiger partial charge in [0.2, 0.25) is 5.91 Å². The Labute approximate surface area is 119 Å². The quantitative estimate of drug-likeness (QED) is 0.760. The third-order valence-corrected chi connectivity index (χ3v) is 3.33. The molecule has 0 bridgehead atoms. The average molecular weight is 297 g/mol. The van der Waals surface area contributed by atoms with Gasteiger partial charge < -0.3 is 19.1 Å². The molecule has 0 saturated carbocycles. The average Bonchev–Trinajstić information content (AvgIpc) is 3.03. The molecule has 1 amide bonds. The van der Waals surface area contributed by atoms with Gasteiger partial charge in [-0.1, -0.05) is 16.9 Å². The van der Waals surface area contributed by atoms with E-state index in [-0.39, 0.29) is 11.7 Å². The standard InChI is InChI=1S/C11H15N5O3S/c1-8-5-9(15-19-8)13-10(17)6-20-11-14-12-7-16(11)3-4-18-2/h5,7H,3-4,6H2,1-2H3,(H,13,15,17). The van der Waals surface area contributed by atoms with Crippen molar-refractivity contribution in [1.29, 1.82) is 0 Å². The second kappa shape index (κ2) is 7.06. The lowest BCUT2D eigenvalue weighted by atomic mass is 10.5. The molecule has 0 unspecified atom stereocenters. The molecule has 0 saturated heterocycles. The van der Waals surface area contributed by atoms with Crippen molar-refractivity contribution in [3.63, 3.8) is 0 Å². The summed E-state index contributed by atoms with van der Waals surface area (Å²) in [4.78, 5) is 11.7. The first-order chi connectivity index (χ1) is 9.69. The zero-order chi connectivity index (χ0) is 14.4. The maximum atomic E-state index is 11.7. The number of rotatable bonds is 7. The highest BCUT2D eigenvalue weighted by molar-refractivity contribution is 7.99. The minimum absolute atomic E-state index is 0.176. The zero-order valence-electron chi connectivity index (χ0n) is 11.2. The summed E-state index contributed by atoms with van der Waals surface area (Å²) in [5.41, 5.74) is 0. The van der Waals surface area contributed by atoms with Crippen molar-refractivity contribution in [1.82, 2.24) is 19.9 Å². The largest absolute Gasteiger partial charge is 0.383 e. The molecular weight excluding hydrogens is 282 g/mol. The lowest BCUT2D eigenvalue weighted by molar-refractivity contribution is -0.113. The second-order valence-electron chi connectivity index (χ2n) is 3.96. The Morgan fingerprint density at radius 3 is 3.15 bits per heavy atom. The molecule has 2 aromatic rings. The topological polar surface area (TPSA) is 95.1 Å². The fourth-order valence-corrected chi connectivity index (χ4v) is 2.17. The lowest BCUT2D eigenvalue weighted by Gasteiger charge is -2.05. The van der Waals surface area contributed by atoms with E-state index in [1.165, 1.54) is 11.8 Å². The number of aromatic nitrogens is 4. The van der Waals surface area contributed by atoms with Crippen molar-refractivity contribution in [3.05, 3.63) is 18.2 Å². The normalized spacial score (nSPS) is 10.7. The third kappa shape index (κ3) is 4.07. The van der Waals surface area contributed by atoms with Crippen LogP contribution in [-0.2, 0) is 16.1 Å². The summed E-state index contributed by atoms with van der Waals surface area (Å²) in [6, 6.07) is 1.66. The number of ether oxygens (including phenoxy) is 1. The van der Waals surface area contributed by atoms with Crippen LogP contribution in [0.1, 0.15) is 5.76 Å². The van der Waals surface area contributed by atoms with Gasteiger partial charge in [-0.05, 0) is 6.92 Å². The highest BCUT2D eigenvalue weighted by Gasteiger charge is 2.10. The molecule has 2 aromatic heterocycles. The number of methoxy groups -OCH3 is 1. The predicted octanol–water partition coefficient (Wildman–Crippen LogP) is 0.952. The number of thioether (sulfide) groups is 1. The fraction of sp³-hybridized carbons (Fsp3) is 0.455. The Morgan fingerprint density at radius 2 is 2.45 bits per heavy atom. The summed E-state index contributed by atoms with van der Waals surface area (Å²) in [6.45, 7) is 2.97. The molecule has 0 radical (unpaired) electrons. The Hall–Kier alpha value is -1.87. The second-order valence-corrected chi connectivity index (χ2v) is 4.90. The third-order valence-electron chi connectivity index (χ3n) is 2.34. The smallest absolute Gasteiger partial charge is 0.236 e. The number of nitrogens with zero attached hydrogens (tertiary/aromatic N) is 4. The van der Waals surface area contributed by atoms with Crippen LogP contribution in [0, 0.1) is 6.92 Å². The van der Waals surface area contributed by atoms with Crippen molar-refractivity contribution >= 4 is 23.5 Å². The van der Waals surface area contributed by atoms with Gasteiger partial charge in [-0.3, -0.25) is 4.79 Å². The number of anilines is 1. The fourth-order valence-electron chi connectivity index (χ4n) is 1.43. The maximum absolute atomic E-state index is 11.7. The summed E-state index contributed by atoms with van der Waals surface area (Å²) in [7, 11) is 1.63. The summed E-state index contributed by atoms with van der Waals surface area (Å²) in [5.74, 6) is 1.10. The molecule has 8 nitrogen and oxygen atoms in total. The minimum atomic E-state index is -0.176. The van der Waals surface area contributed by atoms with E-state index in [1.807, 2.05) is 4.57 Å². The van der Waals surface area contributed by atoms with E-state index in [2.05, 4.69) is 20.7 Å². The molecular formula is C11H15N5O3S. The molecule has 0 spiro atoms. The van der Waals surface area contributed by atoms with Crippen molar-refractivity contribution < 1.29 is 14.1 Å². The first kappa shape index (κ1) is 14.5. The Kier molecular flexibility index (Phi) is 5.13. The number of carbonyl (C=O) groups is 1. The van der Waals surface area contributed by atoms with Gasteiger partial charge in [-0.25, -0.2) is 0 Å². The SMILES string of the molecule is COCCn1cnnc1SCC(=O)Nc1cc(C)on1. The Bertz CT molecular complexity index is 568. The molecule has 0 aliphatic rings. The molecule has 0 aromatic carbocycles. The summed E-state index contributed by atoms with van der Waals surface area (Å²) in [6.07, 6.45) is 1.61. The van der Waals surface area contributed by atoms with Gasteiger partial charge in [0.15, 0.2) is 11.0 Å². The molecule has 9 heteroatoms. The molecule has 0 fully saturated rings. The molecule has 0 aliphatic carbocycles. The van der Waals surface area contributed by atoms with E-state index in [9.17, 15) is 4.79 Å². The van der Waals surface area contributed by atoms with E-state index in [0.717, 1.165) is 0 Å². The molecule has 1 N–H and O–H groups in total. The van der Waals surface area contributed by atoms with Crippen molar-refractivity contribution in [2.45, 2.75) is 18.6 Å². The molecule has 0 atom stereocenters. The van der Waals surface area contributed by atoms with E-state index in [4.69, 9.17) is 9.26 Å². The number of aryl methyl sites for hydroxylation is 1. The summed E-state index contributed by atoms with van der Waals surface area (Å²) in [5, 5.41) is 14.8. The van der Waals surface area contributed by atoms with Crippen LogP contribution in [0.25, 0.3) is 0 Å². The molecule has 2 heterocycles. The zero-order valence-corrected chi connectivity index (χ0v) is 12.0. The molecule has 2 rings (SSSR count). The van der Waals surface area contributed by atoms with Crippen LogP contribution in [0.5, 0.6) is 0 Å². The maximum Gasteiger partial charge on any atom is 0.236 e. The van der Waals surface area contributed by atoms with Gasteiger partial charge in [0.05, 0.1) is 12.4 Å². The highest BCUT2D eigenvalue weighted by atomic mass is 32.2.